The van der Waals surface area contributed by atoms with Gasteiger partial charge in [0.05, 0.1) is 6.04 Å². The van der Waals surface area contributed by atoms with Crippen LogP contribution in [0.3, 0.4) is 0 Å². The zero-order valence-corrected chi connectivity index (χ0v) is 11.3. The van der Waals surface area contributed by atoms with E-state index in [1.54, 1.807) is 6.92 Å². The molecule has 0 aliphatic heterocycles. The Morgan fingerprint density at radius 2 is 2.00 bits per heavy atom. The smallest absolute Gasteiger partial charge is 0.406 e. The number of hydrogen-bond donors (Lipinski definition) is 1. The van der Waals surface area contributed by atoms with Crippen LogP contribution in [0.2, 0.25) is 0 Å². The minimum atomic E-state index is -4.29. The zero-order chi connectivity index (χ0) is 14.5. The molecule has 1 aromatic heterocycles. The lowest BCUT2D eigenvalue weighted by atomic mass is 10.3. The van der Waals surface area contributed by atoms with Gasteiger partial charge in [-0.15, -0.1) is 5.10 Å². The van der Waals surface area contributed by atoms with Gasteiger partial charge in [-0.25, -0.2) is 0 Å². The lowest BCUT2D eigenvalue weighted by molar-refractivity contribution is -0.120. The van der Waals surface area contributed by atoms with E-state index in [0.29, 0.717) is 5.89 Å². The van der Waals surface area contributed by atoms with Crippen molar-refractivity contribution in [3.8, 4) is 0 Å². The summed E-state index contributed by atoms with van der Waals surface area (Å²) in [6.07, 6.45) is -3.35. The molecule has 1 atom stereocenters. The van der Waals surface area contributed by atoms with Gasteiger partial charge in [0, 0.05) is 6.54 Å². The summed E-state index contributed by atoms with van der Waals surface area (Å²) in [7, 11) is 0. The molecule has 1 aromatic rings. The number of hydrogen-bond acceptors (Lipinski definition) is 5. The third-order valence-electron chi connectivity index (χ3n) is 2.52. The third-order valence-corrected chi connectivity index (χ3v) is 2.52. The molecule has 110 valence electrons. The first-order valence-electron chi connectivity index (χ1n) is 6.25. The third kappa shape index (κ3) is 5.06. The maximum absolute atomic E-state index is 12.4. The molecular weight excluding hydrogens is 261 g/mol. The van der Waals surface area contributed by atoms with Gasteiger partial charge in [-0.1, -0.05) is 12.0 Å². The van der Waals surface area contributed by atoms with Gasteiger partial charge in [0.25, 0.3) is 0 Å². The molecule has 0 spiro atoms. The molecule has 0 aliphatic rings. The van der Waals surface area contributed by atoms with Crippen molar-refractivity contribution < 1.29 is 17.6 Å². The fraction of sp³-hybridized carbons (Fsp3) is 0.818. The van der Waals surface area contributed by atoms with Crippen molar-refractivity contribution in [3.05, 3.63) is 5.89 Å². The Bertz CT molecular complexity index is 380. The monoisotopic (exact) mass is 280 g/mol. The van der Waals surface area contributed by atoms with Crippen LogP contribution in [0, 0.1) is 0 Å². The first-order chi connectivity index (χ1) is 8.87. The summed E-state index contributed by atoms with van der Waals surface area (Å²) in [5.74, 6) is 0.295. The minimum absolute atomic E-state index is 0.0972. The summed E-state index contributed by atoms with van der Waals surface area (Å²) >= 11 is 0. The van der Waals surface area contributed by atoms with Crippen LogP contribution >= 0.6 is 0 Å². The molecule has 8 heteroatoms. The second-order valence-electron chi connectivity index (χ2n) is 4.23. The van der Waals surface area contributed by atoms with E-state index in [4.69, 9.17) is 4.42 Å². The van der Waals surface area contributed by atoms with Crippen molar-refractivity contribution in [3.63, 3.8) is 0 Å². The van der Waals surface area contributed by atoms with Crippen LogP contribution in [-0.2, 0) is 0 Å². The van der Waals surface area contributed by atoms with E-state index in [-0.39, 0.29) is 18.6 Å². The molecular formula is C11H19F3N4O. The molecule has 0 saturated heterocycles. The number of anilines is 1. The van der Waals surface area contributed by atoms with Gasteiger partial charge in [0.15, 0.2) is 0 Å². The predicted octanol–water partition coefficient (Wildman–Crippen LogP) is 2.52. The second kappa shape index (κ2) is 6.74. The van der Waals surface area contributed by atoms with Gasteiger partial charge < -0.3 is 14.6 Å². The van der Waals surface area contributed by atoms with E-state index in [9.17, 15) is 13.2 Å². The molecule has 0 amide bonds. The van der Waals surface area contributed by atoms with Gasteiger partial charge in [-0.3, -0.25) is 0 Å². The Hall–Kier alpha value is -1.31. The van der Waals surface area contributed by atoms with Gasteiger partial charge in [-0.2, -0.15) is 13.2 Å². The highest BCUT2D eigenvalue weighted by Crippen LogP contribution is 2.22. The SMILES string of the molecule is CCCNC(C)c1nnc(N(CC)CC(F)(F)F)o1. The predicted molar refractivity (Wildman–Crippen MR) is 64.9 cm³/mol. The van der Waals surface area contributed by atoms with Crippen LogP contribution in [0.5, 0.6) is 0 Å². The van der Waals surface area contributed by atoms with E-state index >= 15 is 0 Å². The van der Waals surface area contributed by atoms with Crippen LogP contribution < -0.4 is 10.2 Å². The average Bonchev–Trinajstić information content (AvgIpc) is 2.81. The van der Waals surface area contributed by atoms with Crippen LogP contribution in [-0.4, -0.2) is 36.0 Å². The van der Waals surface area contributed by atoms with Crippen molar-refractivity contribution in [2.24, 2.45) is 0 Å². The van der Waals surface area contributed by atoms with Crippen LogP contribution in [0.15, 0.2) is 4.42 Å². The van der Waals surface area contributed by atoms with E-state index in [1.807, 2.05) is 13.8 Å². The van der Waals surface area contributed by atoms with Crippen molar-refractivity contribution in [2.45, 2.75) is 39.4 Å². The van der Waals surface area contributed by atoms with Crippen molar-refractivity contribution in [2.75, 3.05) is 24.5 Å². The second-order valence-corrected chi connectivity index (χ2v) is 4.23. The number of nitrogens with zero attached hydrogens (tertiary/aromatic N) is 3. The van der Waals surface area contributed by atoms with Gasteiger partial charge in [0.2, 0.25) is 5.89 Å². The molecule has 0 aliphatic carbocycles. The maximum Gasteiger partial charge on any atom is 0.406 e. The lowest BCUT2D eigenvalue weighted by Crippen LogP contribution is -2.34. The molecule has 1 N–H and O–H groups in total. The number of alkyl halides is 3. The maximum atomic E-state index is 12.4. The largest absolute Gasteiger partial charge is 0.406 e. The summed E-state index contributed by atoms with van der Waals surface area (Å²) in [6.45, 7) is 5.28. The van der Waals surface area contributed by atoms with E-state index in [2.05, 4.69) is 15.5 Å². The molecule has 1 heterocycles. The highest BCUT2D eigenvalue weighted by atomic mass is 19.4. The summed E-state index contributed by atoms with van der Waals surface area (Å²) in [4.78, 5) is 1.00. The Morgan fingerprint density at radius 1 is 1.32 bits per heavy atom. The van der Waals surface area contributed by atoms with Crippen LogP contribution in [0.1, 0.15) is 39.1 Å². The number of aromatic nitrogens is 2. The topological polar surface area (TPSA) is 54.2 Å². The minimum Gasteiger partial charge on any atom is -0.406 e. The summed E-state index contributed by atoms with van der Waals surface area (Å²) in [5, 5.41) is 10.6. The Kier molecular flexibility index (Phi) is 5.59. The molecule has 1 rings (SSSR count). The number of halogens is 3. The van der Waals surface area contributed by atoms with E-state index < -0.39 is 12.7 Å². The van der Waals surface area contributed by atoms with Crippen molar-refractivity contribution >= 4 is 6.01 Å². The van der Waals surface area contributed by atoms with E-state index in [1.165, 1.54) is 0 Å². The van der Waals surface area contributed by atoms with E-state index in [0.717, 1.165) is 17.9 Å². The fourth-order valence-corrected chi connectivity index (χ4v) is 1.51. The highest BCUT2D eigenvalue weighted by Gasteiger charge is 2.32. The Balaban J connectivity index is 2.71. The van der Waals surface area contributed by atoms with Gasteiger partial charge >= 0.3 is 12.2 Å². The molecule has 5 nitrogen and oxygen atoms in total. The molecule has 0 fully saturated rings. The summed E-state index contributed by atoms with van der Waals surface area (Å²) < 4.78 is 42.4. The van der Waals surface area contributed by atoms with Crippen LogP contribution in [0.4, 0.5) is 19.2 Å². The van der Waals surface area contributed by atoms with Crippen molar-refractivity contribution in [1.82, 2.24) is 15.5 Å². The highest BCUT2D eigenvalue weighted by molar-refractivity contribution is 5.24. The first-order valence-corrected chi connectivity index (χ1v) is 6.25. The first kappa shape index (κ1) is 15.7. The number of rotatable bonds is 7. The molecule has 0 aromatic carbocycles. The Labute approximate surface area is 110 Å². The van der Waals surface area contributed by atoms with Gasteiger partial charge in [-0.05, 0) is 26.8 Å². The fourth-order valence-electron chi connectivity index (χ4n) is 1.51. The number of nitrogens with one attached hydrogen (secondary N) is 1. The zero-order valence-electron chi connectivity index (χ0n) is 11.3. The molecule has 1 unspecified atom stereocenters. The standard InChI is InChI=1S/C11H19F3N4O/c1-4-6-15-8(3)9-16-17-10(19-9)18(5-2)7-11(12,13)14/h8,15H,4-7H2,1-3H3. The summed E-state index contributed by atoms with van der Waals surface area (Å²) in [6, 6.07) is -0.272. The normalized spacial score (nSPS) is 13.6. The summed E-state index contributed by atoms with van der Waals surface area (Å²) in [5.41, 5.74) is 0. The van der Waals surface area contributed by atoms with Crippen molar-refractivity contribution in [1.29, 1.82) is 0 Å². The van der Waals surface area contributed by atoms with Gasteiger partial charge in [0.1, 0.15) is 6.54 Å². The average molecular weight is 280 g/mol. The molecule has 19 heavy (non-hydrogen) atoms. The lowest BCUT2D eigenvalue weighted by Gasteiger charge is -2.19. The quantitative estimate of drug-likeness (QED) is 0.831. The molecule has 0 bridgehead atoms. The molecule has 0 saturated carbocycles. The molecule has 0 radical (unpaired) electrons. The van der Waals surface area contributed by atoms with Crippen LogP contribution in [0.25, 0.3) is 0 Å². The Morgan fingerprint density at radius 3 is 2.53 bits per heavy atom.